The van der Waals surface area contributed by atoms with E-state index in [1.54, 1.807) is 12.1 Å². The molecule has 1 aliphatic rings. The number of hydrogen-bond donors (Lipinski definition) is 2. The lowest BCUT2D eigenvalue weighted by atomic mass is 9.99. The number of carbonyl (C=O) groups is 1. The van der Waals surface area contributed by atoms with E-state index in [-0.39, 0.29) is 18.6 Å². The standard InChI is InChI=1S/C28H28ClN3O3/c29-22-12-10-20(11-13-22)26(32-16-14-31(15-17-32)18-19-33)27-25(23-8-4-5-9-24(23)35-27)30-28(34)21-6-2-1-3-7-21/h1-13,26,33H,14-19H2,(H,30,34)/t26-/m0/s1. The van der Waals surface area contributed by atoms with Crippen LogP contribution in [0.1, 0.15) is 27.7 Å². The summed E-state index contributed by atoms with van der Waals surface area (Å²) < 4.78 is 6.47. The highest BCUT2D eigenvalue weighted by Gasteiger charge is 2.32. The van der Waals surface area contributed by atoms with Crippen LogP contribution in [0.25, 0.3) is 11.0 Å². The number of amides is 1. The summed E-state index contributed by atoms with van der Waals surface area (Å²) in [5.41, 5.74) is 3.04. The fourth-order valence-corrected chi connectivity index (χ4v) is 4.85. The number of anilines is 1. The first-order valence-corrected chi connectivity index (χ1v) is 12.2. The van der Waals surface area contributed by atoms with Gasteiger partial charge in [-0.25, -0.2) is 0 Å². The van der Waals surface area contributed by atoms with Crippen molar-refractivity contribution < 1.29 is 14.3 Å². The third-order valence-electron chi connectivity index (χ3n) is 6.52. The van der Waals surface area contributed by atoms with Crippen LogP contribution in [0.15, 0.2) is 83.3 Å². The summed E-state index contributed by atoms with van der Waals surface area (Å²) in [5, 5.41) is 14.0. The number of nitrogens with zero attached hydrogens (tertiary/aromatic N) is 2. The van der Waals surface area contributed by atoms with Crippen LogP contribution in [0, 0.1) is 0 Å². The van der Waals surface area contributed by atoms with E-state index in [2.05, 4.69) is 15.1 Å². The average molecular weight is 490 g/mol. The molecule has 5 rings (SSSR count). The second kappa shape index (κ2) is 10.6. The molecule has 0 spiro atoms. The van der Waals surface area contributed by atoms with Gasteiger partial charge >= 0.3 is 0 Å². The van der Waals surface area contributed by atoms with Crippen LogP contribution in [0.3, 0.4) is 0 Å². The minimum absolute atomic E-state index is 0.153. The molecule has 0 aliphatic carbocycles. The van der Waals surface area contributed by atoms with Crippen molar-refractivity contribution in [2.45, 2.75) is 6.04 Å². The van der Waals surface area contributed by atoms with Crippen molar-refractivity contribution >= 4 is 34.2 Å². The summed E-state index contributed by atoms with van der Waals surface area (Å²) in [6, 6.07) is 24.6. The average Bonchev–Trinajstić information content (AvgIpc) is 3.25. The van der Waals surface area contributed by atoms with Crippen LogP contribution in [0.4, 0.5) is 5.69 Å². The second-order valence-electron chi connectivity index (χ2n) is 8.71. The molecule has 1 atom stereocenters. The Bertz CT molecular complexity index is 1280. The van der Waals surface area contributed by atoms with Crippen molar-refractivity contribution in [2.24, 2.45) is 0 Å². The van der Waals surface area contributed by atoms with Gasteiger partial charge in [0.15, 0.2) is 0 Å². The molecule has 180 valence electrons. The molecule has 4 aromatic rings. The Hall–Kier alpha value is -3.16. The molecule has 1 aromatic heterocycles. The molecule has 0 bridgehead atoms. The molecule has 0 unspecified atom stereocenters. The number of benzene rings is 3. The van der Waals surface area contributed by atoms with E-state index in [0.29, 0.717) is 28.6 Å². The van der Waals surface area contributed by atoms with Crippen molar-refractivity contribution in [2.75, 3.05) is 44.6 Å². The Morgan fingerprint density at radius 2 is 1.63 bits per heavy atom. The number of halogens is 1. The lowest BCUT2D eigenvalue weighted by Crippen LogP contribution is -2.48. The largest absolute Gasteiger partial charge is 0.457 e. The van der Waals surface area contributed by atoms with Gasteiger partial charge in [0.1, 0.15) is 11.3 Å². The summed E-state index contributed by atoms with van der Waals surface area (Å²) in [7, 11) is 0. The molecule has 2 heterocycles. The number of furan rings is 1. The number of β-amino-alcohol motifs (C(OH)–C–C–N with tert-alkyl or cyclic N) is 1. The SMILES string of the molecule is O=C(Nc1c([C@H](c2ccc(Cl)cc2)N2CCN(CCO)CC2)oc2ccccc12)c1ccccc1. The fraction of sp³-hybridized carbons (Fsp3) is 0.250. The number of carbonyl (C=O) groups excluding carboxylic acids is 1. The smallest absolute Gasteiger partial charge is 0.255 e. The van der Waals surface area contributed by atoms with Gasteiger partial charge in [-0.15, -0.1) is 0 Å². The van der Waals surface area contributed by atoms with Gasteiger partial charge in [0.2, 0.25) is 0 Å². The summed E-state index contributed by atoms with van der Waals surface area (Å²) in [6.45, 7) is 4.11. The molecule has 1 fully saturated rings. The minimum Gasteiger partial charge on any atom is -0.457 e. The highest BCUT2D eigenvalue weighted by atomic mass is 35.5. The predicted molar refractivity (Wildman–Crippen MR) is 139 cm³/mol. The van der Waals surface area contributed by atoms with Gasteiger partial charge in [0, 0.05) is 48.7 Å². The Labute approximate surface area is 209 Å². The van der Waals surface area contributed by atoms with E-state index in [1.807, 2.05) is 66.7 Å². The molecule has 7 heteroatoms. The second-order valence-corrected chi connectivity index (χ2v) is 9.15. The zero-order valence-corrected chi connectivity index (χ0v) is 20.1. The van der Waals surface area contributed by atoms with Crippen molar-refractivity contribution in [3.05, 3.63) is 101 Å². The summed E-state index contributed by atoms with van der Waals surface area (Å²) >= 11 is 6.21. The molecule has 3 aromatic carbocycles. The van der Waals surface area contributed by atoms with Crippen LogP contribution in [-0.4, -0.2) is 60.1 Å². The van der Waals surface area contributed by atoms with E-state index < -0.39 is 0 Å². The summed E-state index contributed by atoms with van der Waals surface area (Å²) in [6.07, 6.45) is 0. The van der Waals surface area contributed by atoms with E-state index in [9.17, 15) is 9.90 Å². The number of piperazine rings is 1. The Morgan fingerprint density at radius 1 is 0.943 bits per heavy atom. The van der Waals surface area contributed by atoms with Gasteiger partial charge in [-0.05, 0) is 42.0 Å². The van der Waals surface area contributed by atoms with Gasteiger partial charge in [-0.2, -0.15) is 0 Å². The molecule has 2 N–H and O–H groups in total. The van der Waals surface area contributed by atoms with Gasteiger partial charge < -0.3 is 14.8 Å². The minimum atomic E-state index is -0.206. The number of fused-ring (bicyclic) bond motifs is 1. The third-order valence-corrected chi connectivity index (χ3v) is 6.77. The monoisotopic (exact) mass is 489 g/mol. The van der Waals surface area contributed by atoms with Gasteiger partial charge in [-0.3, -0.25) is 14.6 Å². The maximum Gasteiger partial charge on any atom is 0.255 e. The number of nitrogens with one attached hydrogen (secondary N) is 1. The van der Waals surface area contributed by atoms with Crippen LogP contribution in [0.2, 0.25) is 5.02 Å². The molecule has 0 radical (unpaired) electrons. The Kier molecular flexibility index (Phi) is 7.16. The molecular formula is C28H28ClN3O3. The third kappa shape index (κ3) is 5.11. The first-order chi connectivity index (χ1) is 17.1. The maximum absolute atomic E-state index is 13.2. The fourth-order valence-electron chi connectivity index (χ4n) is 4.72. The van der Waals surface area contributed by atoms with Gasteiger partial charge in [-0.1, -0.05) is 54.1 Å². The van der Waals surface area contributed by atoms with Crippen LogP contribution < -0.4 is 5.32 Å². The topological polar surface area (TPSA) is 69.0 Å². The van der Waals surface area contributed by atoms with E-state index in [4.69, 9.17) is 16.0 Å². The van der Waals surface area contributed by atoms with E-state index in [0.717, 1.165) is 42.7 Å². The maximum atomic E-state index is 13.2. The summed E-state index contributed by atoms with van der Waals surface area (Å²) in [4.78, 5) is 17.8. The lowest BCUT2D eigenvalue weighted by molar-refractivity contribution is 0.0888. The van der Waals surface area contributed by atoms with E-state index in [1.165, 1.54) is 0 Å². The highest BCUT2D eigenvalue weighted by molar-refractivity contribution is 6.30. The molecule has 1 aliphatic heterocycles. The molecule has 1 amide bonds. The summed E-state index contributed by atoms with van der Waals surface area (Å²) in [5.74, 6) is 0.523. The highest BCUT2D eigenvalue weighted by Crippen LogP contribution is 2.41. The molecular weight excluding hydrogens is 462 g/mol. The van der Waals surface area contributed by atoms with Crippen molar-refractivity contribution in [3.8, 4) is 0 Å². The number of rotatable bonds is 7. The molecule has 1 saturated heterocycles. The van der Waals surface area contributed by atoms with Crippen molar-refractivity contribution in [1.82, 2.24) is 9.80 Å². The Morgan fingerprint density at radius 3 is 2.34 bits per heavy atom. The van der Waals surface area contributed by atoms with Crippen LogP contribution in [0.5, 0.6) is 0 Å². The Balaban J connectivity index is 1.57. The molecule has 6 nitrogen and oxygen atoms in total. The van der Waals surface area contributed by atoms with E-state index >= 15 is 0 Å². The number of para-hydroxylation sites is 1. The number of aliphatic hydroxyl groups excluding tert-OH is 1. The van der Waals surface area contributed by atoms with Crippen LogP contribution in [-0.2, 0) is 0 Å². The lowest BCUT2D eigenvalue weighted by Gasteiger charge is -2.38. The van der Waals surface area contributed by atoms with Gasteiger partial charge in [0.05, 0.1) is 18.3 Å². The zero-order chi connectivity index (χ0) is 24.2. The molecule has 0 saturated carbocycles. The van der Waals surface area contributed by atoms with Gasteiger partial charge in [0.25, 0.3) is 5.91 Å². The first kappa shape index (κ1) is 23.6. The van der Waals surface area contributed by atoms with Crippen LogP contribution >= 0.6 is 11.6 Å². The van der Waals surface area contributed by atoms with Crippen molar-refractivity contribution in [1.29, 1.82) is 0 Å². The van der Waals surface area contributed by atoms with Crippen molar-refractivity contribution in [3.63, 3.8) is 0 Å². The normalized spacial score (nSPS) is 15.8. The molecule has 35 heavy (non-hydrogen) atoms. The number of hydrogen-bond acceptors (Lipinski definition) is 5. The number of aliphatic hydroxyl groups is 1. The quantitative estimate of drug-likeness (QED) is 0.381. The zero-order valence-electron chi connectivity index (χ0n) is 19.4. The first-order valence-electron chi connectivity index (χ1n) is 11.8. The predicted octanol–water partition coefficient (Wildman–Crippen LogP) is 5.04.